The summed E-state index contributed by atoms with van der Waals surface area (Å²) in [6.45, 7) is 0.351. The molecule has 0 spiro atoms. The number of hydrogen-bond acceptors (Lipinski definition) is 7. The topological polar surface area (TPSA) is 90.0 Å². The number of nitrogens with zero attached hydrogens (tertiary/aromatic N) is 2. The van der Waals surface area contributed by atoms with Gasteiger partial charge in [0.1, 0.15) is 12.2 Å². The van der Waals surface area contributed by atoms with E-state index in [0.29, 0.717) is 0 Å². The van der Waals surface area contributed by atoms with Crippen molar-refractivity contribution in [2.75, 3.05) is 20.1 Å². The van der Waals surface area contributed by atoms with Crippen LogP contribution in [0.2, 0.25) is 0 Å². The zero-order chi connectivity index (χ0) is 26.3. The van der Waals surface area contributed by atoms with Crippen LogP contribution in [0.15, 0.2) is 11.4 Å². The summed E-state index contributed by atoms with van der Waals surface area (Å²) in [4.78, 5) is 29.9. The Bertz CT molecular complexity index is 1120. The smallest absolute Gasteiger partial charge is 0.474 e. The van der Waals surface area contributed by atoms with Gasteiger partial charge in [-0.05, 0) is 0 Å². The van der Waals surface area contributed by atoms with Crippen molar-refractivity contribution < 1.29 is 50.1 Å². The molecule has 2 aromatic rings. The van der Waals surface area contributed by atoms with Crippen LogP contribution in [0.5, 0.6) is 5.88 Å². The number of carbonyl (C=O) groups is 2. The summed E-state index contributed by atoms with van der Waals surface area (Å²) in [5.74, 6) is -0.863. The molecule has 1 saturated heterocycles. The van der Waals surface area contributed by atoms with E-state index >= 15 is 0 Å². The molecule has 1 aliphatic carbocycles. The molecular formula is C21H21F6N3O5S. The minimum absolute atomic E-state index is 0.00452. The molecule has 0 aromatic carbocycles. The van der Waals surface area contributed by atoms with E-state index < -0.39 is 48.4 Å². The number of halogens is 6. The number of fused-ring (bicyclic) bond motifs is 1. The normalized spacial score (nSPS) is 21.2. The molecule has 0 radical (unpaired) electrons. The van der Waals surface area contributed by atoms with E-state index in [1.807, 2.05) is 0 Å². The van der Waals surface area contributed by atoms with Gasteiger partial charge in [0.2, 0.25) is 5.88 Å². The third-order valence-electron chi connectivity index (χ3n) is 5.88. The summed E-state index contributed by atoms with van der Waals surface area (Å²) in [6, 6.07) is 0.795. The van der Waals surface area contributed by atoms with Gasteiger partial charge in [-0.15, -0.1) is 24.5 Å². The van der Waals surface area contributed by atoms with E-state index in [4.69, 9.17) is 9.47 Å². The van der Waals surface area contributed by atoms with Crippen molar-refractivity contribution in [3.05, 3.63) is 22.6 Å². The first kappa shape index (κ1) is 26.3. The predicted octanol–water partition coefficient (Wildman–Crippen LogP) is 4.72. The fourth-order valence-corrected chi connectivity index (χ4v) is 5.02. The van der Waals surface area contributed by atoms with Gasteiger partial charge in [-0.2, -0.15) is 13.2 Å². The molecule has 0 atom stereocenters. The Morgan fingerprint density at radius 2 is 1.75 bits per heavy atom. The van der Waals surface area contributed by atoms with Crippen LogP contribution in [0.4, 0.5) is 31.1 Å². The van der Waals surface area contributed by atoms with E-state index in [-0.39, 0.29) is 60.4 Å². The van der Waals surface area contributed by atoms with Crippen molar-refractivity contribution in [3.63, 3.8) is 0 Å². The van der Waals surface area contributed by atoms with Gasteiger partial charge in [0.15, 0.2) is 0 Å². The Labute approximate surface area is 204 Å². The van der Waals surface area contributed by atoms with Crippen LogP contribution < -0.4 is 10.1 Å². The average Bonchev–Trinajstić information content (AvgIpc) is 3.19. The van der Waals surface area contributed by atoms with Gasteiger partial charge in [0, 0.05) is 57.3 Å². The molecule has 4 rings (SSSR count). The lowest BCUT2D eigenvalue weighted by Crippen LogP contribution is -2.47. The molecule has 198 valence electrons. The molecule has 0 bridgehead atoms. The molecule has 1 N–H and O–H groups in total. The van der Waals surface area contributed by atoms with Crippen LogP contribution in [0, 0.1) is 0 Å². The molecular weight excluding hydrogens is 520 g/mol. The second kappa shape index (κ2) is 9.92. The minimum Gasteiger partial charge on any atom is -0.474 e. The first-order valence-electron chi connectivity index (χ1n) is 10.9. The van der Waals surface area contributed by atoms with Crippen LogP contribution >= 0.6 is 11.3 Å². The Kier molecular flexibility index (Phi) is 7.23. The lowest BCUT2D eigenvalue weighted by atomic mass is 9.92. The summed E-state index contributed by atoms with van der Waals surface area (Å²) >= 11 is 0.763. The van der Waals surface area contributed by atoms with E-state index in [1.54, 1.807) is 0 Å². The van der Waals surface area contributed by atoms with Gasteiger partial charge < -0.3 is 19.7 Å². The number of thiophene rings is 1. The standard InChI is InChI=1S/C21H21F6N3O5S/c1-28-18(31)13-9-36-17-14(20(22,23)24)8-15(29-16(13)17)33-10-2-4-30(5-3-10)19(32)34-11-6-12(7-11)35-21(25,26)27/h8-12H,2-7H2,1H3,(H,28,31). The summed E-state index contributed by atoms with van der Waals surface area (Å²) in [5, 5.41) is 3.67. The van der Waals surface area contributed by atoms with Crippen LogP contribution in [-0.2, 0) is 15.7 Å². The number of alkyl halides is 6. The largest absolute Gasteiger partial charge is 0.522 e. The Morgan fingerprint density at radius 1 is 1.08 bits per heavy atom. The highest BCUT2D eigenvalue weighted by molar-refractivity contribution is 7.17. The zero-order valence-corrected chi connectivity index (χ0v) is 19.6. The Hall–Kier alpha value is -2.81. The molecule has 3 heterocycles. The summed E-state index contributed by atoms with van der Waals surface area (Å²) in [7, 11) is 1.36. The number of nitrogens with one attached hydrogen (secondary N) is 1. The molecule has 2 amide bonds. The molecule has 36 heavy (non-hydrogen) atoms. The van der Waals surface area contributed by atoms with E-state index in [0.717, 1.165) is 17.4 Å². The number of rotatable bonds is 5. The second-order valence-electron chi connectivity index (χ2n) is 8.38. The van der Waals surface area contributed by atoms with E-state index in [9.17, 15) is 35.9 Å². The summed E-state index contributed by atoms with van der Waals surface area (Å²) in [5.41, 5.74) is -1.07. The number of amides is 2. The van der Waals surface area contributed by atoms with Crippen molar-refractivity contribution in [1.82, 2.24) is 15.2 Å². The molecule has 1 aliphatic heterocycles. The number of carbonyl (C=O) groups excluding carboxylic acids is 2. The number of pyridine rings is 1. The number of aromatic nitrogens is 1. The maximum Gasteiger partial charge on any atom is 0.522 e. The highest BCUT2D eigenvalue weighted by Crippen LogP contribution is 2.40. The zero-order valence-electron chi connectivity index (χ0n) is 18.7. The minimum atomic E-state index is -4.74. The van der Waals surface area contributed by atoms with Gasteiger partial charge in [-0.3, -0.25) is 9.53 Å². The third kappa shape index (κ3) is 5.94. The summed E-state index contributed by atoms with van der Waals surface area (Å²) in [6.07, 6.45) is -11.9. The summed E-state index contributed by atoms with van der Waals surface area (Å²) < 4.78 is 92.1. The first-order valence-corrected chi connectivity index (χ1v) is 11.8. The Balaban J connectivity index is 1.35. The second-order valence-corrected chi connectivity index (χ2v) is 9.26. The quantitative estimate of drug-likeness (QED) is 0.551. The fourth-order valence-electron chi connectivity index (χ4n) is 3.99. The molecule has 15 heteroatoms. The monoisotopic (exact) mass is 541 g/mol. The highest BCUT2D eigenvalue weighted by Gasteiger charge is 2.42. The van der Waals surface area contributed by atoms with Gasteiger partial charge in [-0.25, -0.2) is 9.78 Å². The molecule has 1 saturated carbocycles. The van der Waals surface area contributed by atoms with Crippen molar-refractivity contribution in [3.8, 4) is 5.88 Å². The van der Waals surface area contributed by atoms with E-state index in [2.05, 4.69) is 15.0 Å². The predicted molar refractivity (Wildman–Crippen MR) is 114 cm³/mol. The van der Waals surface area contributed by atoms with Crippen LogP contribution in [0.1, 0.15) is 41.6 Å². The Morgan fingerprint density at radius 3 is 2.33 bits per heavy atom. The molecule has 0 unspecified atom stereocenters. The number of hydrogen-bond donors (Lipinski definition) is 1. The van der Waals surface area contributed by atoms with Crippen molar-refractivity contribution in [2.45, 2.75) is 56.5 Å². The maximum atomic E-state index is 13.7. The van der Waals surface area contributed by atoms with Crippen molar-refractivity contribution in [2.24, 2.45) is 0 Å². The molecule has 2 fully saturated rings. The van der Waals surface area contributed by atoms with Crippen molar-refractivity contribution in [1.29, 1.82) is 0 Å². The van der Waals surface area contributed by atoms with Gasteiger partial charge in [0.05, 0.1) is 27.4 Å². The van der Waals surface area contributed by atoms with Crippen LogP contribution in [0.25, 0.3) is 10.2 Å². The fraction of sp³-hybridized carbons (Fsp3) is 0.571. The molecule has 8 nitrogen and oxygen atoms in total. The van der Waals surface area contributed by atoms with Gasteiger partial charge >= 0.3 is 18.6 Å². The number of ether oxygens (including phenoxy) is 3. The number of likely N-dealkylation sites (tertiary alicyclic amines) is 1. The van der Waals surface area contributed by atoms with Gasteiger partial charge in [0.25, 0.3) is 5.91 Å². The molecule has 2 aromatic heterocycles. The highest BCUT2D eigenvalue weighted by atomic mass is 32.1. The number of piperidine rings is 1. The van der Waals surface area contributed by atoms with Crippen LogP contribution in [0.3, 0.4) is 0 Å². The van der Waals surface area contributed by atoms with E-state index in [1.165, 1.54) is 17.3 Å². The lowest BCUT2D eigenvalue weighted by Gasteiger charge is -2.37. The van der Waals surface area contributed by atoms with Crippen molar-refractivity contribution >= 4 is 33.6 Å². The van der Waals surface area contributed by atoms with Gasteiger partial charge in [-0.1, -0.05) is 0 Å². The SMILES string of the molecule is CNC(=O)c1csc2c(C(F)(F)F)cc(OC3CCN(C(=O)OC4CC(OC(F)(F)F)C4)CC3)nc12. The average molecular weight is 541 g/mol. The first-order chi connectivity index (χ1) is 16.8. The third-order valence-corrected chi connectivity index (χ3v) is 6.89. The molecule has 2 aliphatic rings. The maximum absolute atomic E-state index is 13.7. The van der Waals surface area contributed by atoms with Crippen LogP contribution in [-0.4, -0.2) is 66.7 Å². The lowest BCUT2D eigenvalue weighted by molar-refractivity contribution is -0.355.